The maximum absolute atomic E-state index is 11.5. The van der Waals surface area contributed by atoms with E-state index >= 15 is 0 Å². The molecule has 0 aliphatic heterocycles. The molecule has 5 heteroatoms. The van der Waals surface area contributed by atoms with Crippen LogP contribution in [0.3, 0.4) is 0 Å². The number of rotatable bonds is 4. The van der Waals surface area contributed by atoms with Gasteiger partial charge in [0.1, 0.15) is 0 Å². The summed E-state index contributed by atoms with van der Waals surface area (Å²) < 4.78 is 0. The Morgan fingerprint density at radius 3 is 2.65 bits per heavy atom. The zero-order valence-electron chi connectivity index (χ0n) is 9.86. The fourth-order valence-corrected chi connectivity index (χ4v) is 1.35. The number of nitrogens with one attached hydrogen (secondary N) is 1. The molecule has 0 aromatic heterocycles. The molecule has 1 unspecified atom stereocenters. The van der Waals surface area contributed by atoms with E-state index in [1.54, 1.807) is 19.1 Å². The molecule has 1 aromatic carbocycles. The van der Waals surface area contributed by atoms with E-state index in [1.165, 1.54) is 6.07 Å². The number of nitrogens with two attached hydrogens (primary N) is 1. The summed E-state index contributed by atoms with van der Waals surface area (Å²) in [6.07, 6.45) is 0.531. The van der Waals surface area contributed by atoms with Gasteiger partial charge in [-0.25, -0.2) is 4.79 Å². The third-order valence-corrected chi connectivity index (χ3v) is 2.51. The van der Waals surface area contributed by atoms with Gasteiger partial charge >= 0.3 is 5.97 Å². The summed E-state index contributed by atoms with van der Waals surface area (Å²) in [7, 11) is 0. The van der Waals surface area contributed by atoms with Gasteiger partial charge in [0.25, 0.3) is 0 Å². The highest BCUT2D eigenvalue weighted by molar-refractivity contribution is 5.96. The molecule has 0 saturated heterocycles. The number of carboxylic acids is 1. The highest BCUT2D eigenvalue weighted by Crippen LogP contribution is 2.15. The van der Waals surface area contributed by atoms with Crippen LogP contribution in [0.25, 0.3) is 0 Å². The van der Waals surface area contributed by atoms with Gasteiger partial charge in [0.2, 0.25) is 5.91 Å². The van der Waals surface area contributed by atoms with Gasteiger partial charge in [-0.3, -0.25) is 4.79 Å². The molecule has 0 spiro atoms. The van der Waals surface area contributed by atoms with Gasteiger partial charge in [0.15, 0.2) is 0 Å². The standard InChI is InChI=1S/C12H16N2O3/c1-3-10(13)11(15)14-8-5-4-7(2)9(6-8)12(16)17/h4-6,10H,3,13H2,1-2H3,(H,14,15)(H,16,17). The van der Waals surface area contributed by atoms with Gasteiger partial charge < -0.3 is 16.2 Å². The van der Waals surface area contributed by atoms with Crippen molar-refractivity contribution in [2.24, 2.45) is 5.73 Å². The molecule has 0 aliphatic carbocycles. The number of hydrogen-bond acceptors (Lipinski definition) is 3. The van der Waals surface area contributed by atoms with E-state index in [1.807, 2.05) is 6.92 Å². The molecule has 1 rings (SSSR count). The van der Waals surface area contributed by atoms with Crippen LogP contribution in [0.4, 0.5) is 5.69 Å². The van der Waals surface area contributed by atoms with E-state index in [-0.39, 0.29) is 11.5 Å². The molecular weight excluding hydrogens is 220 g/mol. The van der Waals surface area contributed by atoms with Crippen molar-refractivity contribution in [1.82, 2.24) is 0 Å². The van der Waals surface area contributed by atoms with Crippen molar-refractivity contribution in [2.75, 3.05) is 5.32 Å². The molecule has 1 aromatic rings. The zero-order valence-corrected chi connectivity index (χ0v) is 9.86. The molecule has 0 bridgehead atoms. The molecule has 0 fully saturated rings. The van der Waals surface area contributed by atoms with Crippen LogP contribution in [0.15, 0.2) is 18.2 Å². The summed E-state index contributed by atoms with van der Waals surface area (Å²) in [5, 5.41) is 11.5. The maximum atomic E-state index is 11.5. The third kappa shape index (κ3) is 3.29. The molecule has 5 nitrogen and oxygen atoms in total. The monoisotopic (exact) mass is 236 g/mol. The van der Waals surface area contributed by atoms with E-state index in [0.717, 1.165) is 0 Å². The summed E-state index contributed by atoms with van der Waals surface area (Å²) in [5.74, 6) is -1.33. The number of benzene rings is 1. The van der Waals surface area contributed by atoms with Gasteiger partial charge in [-0.05, 0) is 31.0 Å². The number of anilines is 1. The summed E-state index contributed by atoms with van der Waals surface area (Å²) in [5.41, 5.74) is 6.83. The zero-order chi connectivity index (χ0) is 13.0. The topological polar surface area (TPSA) is 92.4 Å². The van der Waals surface area contributed by atoms with E-state index in [4.69, 9.17) is 10.8 Å². The number of carbonyl (C=O) groups excluding carboxylic acids is 1. The van der Waals surface area contributed by atoms with Crippen molar-refractivity contribution >= 4 is 17.6 Å². The third-order valence-electron chi connectivity index (χ3n) is 2.51. The van der Waals surface area contributed by atoms with Crippen molar-refractivity contribution < 1.29 is 14.7 Å². The predicted molar refractivity (Wildman–Crippen MR) is 65.0 cm³/mol. The minimum absolute atomic E-state index is 0.174. The Hall–Kier alpha value is -1.88. The van der Waals surface area contributed by atoms with Crippen molar-refractivity contribution in [3.8, 4) is 0 Å². The lowest BCUT2D eigenvalue weighted by Crippen LogP contribution is -2.34. The minimum atomic E-state index is -1.02. The minimum Gasteiger partial charge on any atom is -0.478 e. The van der Waals surface area contributed by atoms with Crippen molar-refractivity contribution in [3.05, 3.63) is 29.3 Å². The first-order chi connectivity index (χ1) is 7.95. The summed E-state index contributed by atoms with van der Waals surface area (Å²) in [6, 6.07) is 4.15. The van der Waals surface area contributed by atoms with Crippen LogP contribution in [-0.2, 0) is 4.79 Å². The van der Waals surface area contributed by atoms with E-state index in [2.05, 4.69) is 5.32 Å². The Bertz CT molecular complexity index is 443. The summed E-state index contributed by atoms with van der Waals surface area (Å²) in [6.45, 7) is 3.51. The van der Waals surface area contributed by atoms with Crippen LogP contribution >= 0.6 is 0 Å². The SMILES string of the molecule is CCC(N)C(=O)Nc1ccc(C)c(C(=O)O)c1. The maximum Gasteiger partial charge on any atom is 0.336 e. The molecular formula is C12H16N2O3. The lowest BCUT2D eigenvalue weighted by Gasteiger charge is -2.11. The van der Waals surface area contributed by atoms with Crippen LogP contribution < -0.4 is 11.1 Å². The summed E-state index contributed by atoms with van der Waals surface area (Å²) in [4.78, 5) is 22.4. The lowest BCUT2D eigenvalue weighted by atomic mass is 10.1. The summed E-state index contributed by atoms with van der Waals surface area (Å²) >= 11 is 0. The Morgan fingerprint density at radius 2 is 2.12 bits per heavy atom. The highest BCUT2D eigenvalue weighted by Gasteiger charge is 2.13. The first-order valence-corrected chi connectivity index (χ1v) is 5.36. The lowest BCUT2D eigenvalue weighted by molar-refractivity contribution is -0.117. The second kappa shape index (κ2) is 5.45. The number of aryl methyl sites for hydroxylation is 1. The van der Waals surface area contributed by atoms with Crippen LogP contribution in [0.1, 0.15) is 29.3 Å². The predicted octanol–water partition coefficient (Wildman–Crippen LogP) is 1.37. The number of hydrogen-bond donors (Lipinski definition) is 3. The highest BCUT2D eigenvalue weighted by atomic mass is 16.4. The van der Waals surface area contributed by atoms with Gasteiger partial charge in [-0.1, -0.05) is 13.0 Å². The van der Waals surface area contributed by atoms with Gasteiger partial charge in [0.05, 0.1) is 11.6 Å². The molecule has 4 N–H and O–H groups in total. The molecule has 0 saturated carbocycles. The smallest absolute Gasteiger partial charge is 0.336 e. The first kappa shape index (κ1) is 13.2. The van der Waals surface area contributed by atoms with E-state index < -0.39 is 12.0 Å². The normalized spacial score (nSPS) is 11.9. The van der Waals surface area contributed by atoms with Gasteiger partial charge in [0, 0.05) is 5.69 Å². The molecule has 92 valence electrons. The Kier molecular flexibility index (Phi) is 4.23. The number of carboxylic acid groups (broad SMARTS) is 1. The molecule has 0 radical (unpaired) electrons. The molecule has 1 amide bonds. The van der Waals surface area contributed by atoms with E-state index in [9.17, 15) is 9.59 Å². The van der Waals surface area contributed by atoms with Crippen molar-refractivity contribution in [3.63, 3.8) is 0 Å². The number of amides is 1. The Labute approximate surface area is 99.6 Å². The average Bonchev–Trinajstić information content (AvgIpc) is 2.30. The fraction of sp³-hybridized carbons (Fsp3) is 0.333. The van der Waals surface area contributed by atoms with Crippen molar-refractivity contribution in [2.45, 2.75) is 26.3 Å². The molecule has 17 heavy (non-hydrogen) atoms. The van der Waals surface area contributed by atoms with Crippen LogP contribution in [0.2, 0.25) is 0 Å². The molecule has 1 atom stereocenters. The van der Waals surface area contributed by atoms with E-state index in [0.29, 0.717) is 17.7 Å². The van der Waals surface area contributed by atoms with Crippen LogP contribution in [-0.4, -0.2) is 23.0 Å². The Balaban J connectivity index is 2.90. The average molecular weight is 236 g/mol. The number of aromatic carboxylic acids is 1. The first-order valence-electron chi connectivity index (χ1n) is 5.36. The van der Waals surface area contributed by atoms with Gasteiger partial charge in [-0.15, -0.1) is 0 Å². The van der Waals surface area contributed by atoms with Crippen LogP contribution in [0.5, 0.6) is 0 Å². The second-order valence-electron chi connectivity index (χ2n) is 3.84. The van der Waals surface area contributed by atoms with Crippen LogP contribution in [0, 0.1) is 6.92 Å². The largest absolute Gasteiger partial charge is 0.478 e. The molecule has 0 heterocycles. The van der Waals surface area contributed by atoms with Gasteiger partial charge in [-0.2, -0.15) is 0 Å². The fourth-order valence-electron chi connectivity index (χ4n) is 1.35. The van der Waals surface area contributed by atoms with Crippen molar-refractivity contribution in [1.29, 1.82) is 0 Å². The second-order valence-corrected chi connectivity index (χ2v) is 3.84. The molecule has 0 aliphatic rings. The number of carbonyl (C=O) groups is 2. The quantitative estimate of drug-likeness (QED) is 0.736. The Morgan fingerprint density at radius 1 is 1.47 bits per heavy atom.